The first kappa shape index (κ1) is 20.1. The first-order valence-electron chi connectivity index (χ1n) is 9.32. The van der Waals surface area contributed by atoms with Crippen molar-refractivity contribution >= 4 is 52.5 Å². The van der Waals surface area contributed by atoms with Crippen molar-refractivity contribution in [2.24, 2.45) is 0 Å². The molecule has 1 aliphatic heterocycles. The summed E-state index contributed by atoms with van der Waals surface area (Å²) in [7, 11) is 0. The number of halogens is 1. The van der Waals surface area contributed by atoms with E-state index in [0.717, 1.165) is 17.5 Å². The fourth-order valence-corrected chi connectivity index (χ4v) is 3.61. The maximum absolute atomic E-state index is 13.1. The SMILES string of the molecule is CCc1ccc(N2C(=O)/C(=C/c3ccc(-c4cccc(Cl)c4)o3)C(=O)NC2=S)cc1. The molecule has 1 aromatic heterocycles. The molecule has 4 rings (SSSR count). The molecule has 0 atom stereocenters. The highest BCUT2D eigenvalue weighted by Crippen LogP contribution is 2.27. The number of carbonyl (C=O) groups is 2. The summed E-state index contributed by atoms with van der Waals surface area (Å²) in [5, 5.41) is 3.21. The molecule has 3 aromatic rings. The molecule has 150 valence electrons. The zero-order valence-electron chi connectivity index (χ0n) is 16.0. The van der Waals surface area contributed by atoms with Gasteiger partial charge in [0.1, 0.15) is 17.1 Å². The lowest BCUT2D eigenvalue weighted by atomic mass is 10.1. The summed E-state index contributed by atoms with van der Waals surface area (Å²) in [6.07, 6.45) is 2.30. The molecule has 0 saturated carbocycles. The van der Waals surface area contributed by atoms with E-state index in [0.29, 0.717) is 22.2 Å². The Morgan fingerprint density at radius 1 is 1.10 bits per heavy atom. The summed E-state index contributed by atoms with van der Waals surface area (Å²) in [5.41, 5.74) is 2.46. The number of hydrogen-bond donors (Lipinski definition) is 1. The molecule has 2 aromatic carbocycles. The van der Waals surface area contributed by atoms with Gasteiger partial charge < -0.3 is 4.42 Å². The number of nitrogens with zero attached hydrogens (tertiary/aromatic N) is 1. The van der Waals surface area contributed by atoms with Gasteiger partial charge in [0.15, 0.2) is 5.11 Å². The van der Waals surface area contributed by atoms with Crippen LogP contribution in [0.2, 0.25) is 5.02 Å². The first-order valence-corrected chi connectivity index (χ1v) is 10.1. The van der Waals surface area contributed by atoms with Crippen LogP contribution in [0.15, 0.2) is 70.7 Å². The van der Waals surface area contributed by atoms with Crippen LogP contribution in [0.25, 0.3) is 17.4 Å². The lowest BCUT2D eigenvalue weighted by molar-refractivity contribution is -0.122. The summed E-state index contributed by atoms with van der Waals surface area (Å²) >= 11 is 11.3. The number of aryl methyl sites for hydroxylation is 1. The second kappa shape index (κ2) is 8.26. The average molecular weight is 437 g/mol. The Morgan fingerprint density at radius 2 is 1.87 bits per heavy atom. The molecule has 0 spiro atoms. The van der Waals surface area contributed by atoms with Crippen molar-refractivity contribution in [2.45, 2.75) is 13.3 Å². The zero-order chi connectivity index (χ0) is 21.3. The van der Waals surface area contributed by atoms with Crippen molar-refractivity contribution in [2.75, 3.05) is 4.90 Å². The van der Waals surface area contributed by atoms with Crippen LogP contribution < -0.4 is 10.2 Å². The molecule has 2 amide bonds. The number of rotatable bonds is 4. The lowest BCUT2D eigenvalue weighted by Gasteiger charge is -2.28. The molecule has 2 heterocycles. The van der Waals surface area contributed by atoms with E-state index in [1.54, 1.807) is 24.3 Å². The highest BCUT2D eigenvalue weighted by Gasteiger charge is 2.34. The predicted octanol–water partition coefficient (Wildman–Crippen LogP) is 4.99. The average Bonchev–Trinajstić information content (AvgIpc) is 3.20. The third kappa shape index (κ3) is 3.92. The Kier molecular flexibility index (Phi) is 5.53. The van der Waals surface area contributed by atoms with Crippen molar-refractivity contribution in [1.29, 1.82) is 0 Å². The molecule has 7 heteroatoms. The number of anilines is 1. The highest BCUT2D eigenvalue weighted by molar-refractivity contribution is 7.80. The molecule has 0 radical (unpaired) electrons. The summed E-state index contributed by atoms with van der Waals surface area (Å²) in [6.45, 7) is 2.05. The van der Waals surface area contributed by atoms with Crippen LogP contribution in [0.3, 0.4) is 0 Å². The second-order valence-corrected chi connectivity index (χ2v) is 7.51. The Labute approximate surface area is 183 Å². The Hall–Kier alpha value is -3.22. The molecule has 30 heavy (non-hydrogen) atoms. The molecular weight excluding hydrogens is 420 g/mol. The summed E-state index contributed by atoms with van der Waals surface area (Å²) < 4.78 is 5.80. The molecule has 5 nitrogen and oxygen atoms in total. The minimum atomic E-state index is -0.563. The monoisotopic (exact) mass is 436 g/mol. The van der Waals surface area contributed by atoms with Crippen LogP contribution in [0.4, 0.5) is 5.69 Å². The molecule has 0 bridgehead atoms. The van der Waals surface area contributed by atoms with Gasteiger partial charge in [-0.15, -0.1) is 0 Å². The van der Waals surface area contributed by atoms with E-state index in [1.807, 2.05) is 43.3 Å². The highest BCUT2D eigenvalue weighted by atomic mass is 35.5. The molecule has 1 aliphatic rings. The van der Waals surface area contributed by atoms with Crippen molar-refractivity contribution in [3.8, 4) is 11.3 Å². The van der Waals surface area contributed by atoms with Crippen molar-refractivity contribution < 1.29 is 14.0 Å². The molecule has 1 saturated heterocycles. The molecule has 0 unspecified atom stereocenters. The van der Waals surface area contributed by atoms with E-state index in [-0.39, 0.29) is 10.7 Å². The van der Waals surface area contributed by atoms with Gasteiger partial charge in [-0.2, -0.15) is 0 Å². The maximum Gasteiger partial charge on any atom is 0.270 e. The van der Waals surface area contributed by atoms with E-state index < -0.39 is 11.8 Å². The fraction of sp³-hybridized carbons (Fsp3) is 0.0870. The van der Waals surface area contributed by atoms with E-state index >= 15 is 0 Å². The van der Waals surface area contributed by atoms with Crippen LogP contribution in [0.1, 0.15) is 18.2 Å². The lowest BCUT2D eigenvalue weighted by Crippen LogP contribution is -2.54. The van der Waals surface area contributed by atoms with Crippen molar-refractivity contribution in [1.82, 2.24) is 5.32 Å². The van der Waals surface area contributed by atoms with Crippen LogP contribution in [0.5, 0.6) is 0 Å². The molecule has 0 aliphatic carbocycles. The van der Waals surface area contributed by atoms with Gasteiger partial charge in [-0.3, -0.25) is 19.8 Å². The zero-order valence-corrected chi connectivity index (χ0v) is 17.6. The Bertz CT molecular complexity index is 1180. The van der Waals surface area contributed by atoms with Crippen LogP contribution in [-0.4, -0.2) is 16.9 Å². The minimum absolute atomic E-state index is 0.0467. The smallest absolute Gasteiger partial charge is 0.270 e. The number of amides is 2. The van der Waals surface area contributed by atoms with Gasteiger partial charge in [0.05, 0.1) is 5.69 Å². The van der Waals surface area contributed by atoms with Gasteiger partial charge >= 0.3 is 0 Å². The number of furan rings is 1. The maximum atomic E-state index is 13.1. The van der Waals surface area contributed by atoms with E-state index in [4.69, 9.17) is 28.2 Å². The van der Waals surface area contributed by atoms with Gasteiger partial charge in [-0.05, 0) is 66.7 Å². The summed E-state index contributed by atoms with van der Waals surface area (Å²) in [4.78, 5) is 26.8. The first-order chi connectivity index (χ1) is 14.5. The Balaban J connectivity index is 1.66. The number of nitrogens with one attached hydrogen (secondary N) is 1. The normalized spacial score (nSPS) is 15.6. The van der Waals surface area contributed by atoms with Gasteiger partial charge in [0, 0.05) is 10.6 Å². The Morgan fingerprint density at radius 3 is 2.57 bits per heavy atom. The molecule has 1 fully saturated rings. The van der Waals surface area contributed by atoms with Crippen molar-refractivity contribution in [3.05, 3.63) is 82.6 Å². The fourth-order valence-electron chi connectivity index (χ4n) is 3.14. The van der Waals surface area contributed by atoms with Gasteiger partial charge in [0.25, 0.3) is 11.8 Å². The summed E-state index contributed by atoms with van der Waals surface area (Å²) in [6, 6.07) is 18.1. The van der Waals surface area contributed by atoms with Gasteiger partial charge in [-0.25, -0.2) is 0 Å². The standard InChI is InChI=1S/C23H17ClN2O3S/c1-2-14-6-8-17(9-7-14)26-22(28)19(21(27)25-23(26)30)13-18-10-11-20(29-18)15-4-3-5-16(24)12-15/h3-13H,2H2,1H3,(H,25,27,30)/b19-13+. The number of benzene rings is 2. The number of thiocarbonyl (C=S) groups is 1. The third-order valence-corrected chi connectivity index (χ3v) is 5.25. The van der Waals surface area contributed by atoms with Gasteiger partial charge in [-0.1, -0.05) is 42.8 Å². The predicted molar refractivity (Wildman–Crippen MR) is 121 cm³/mol. The second-order valence-electron chi connectivity index (χ2n) is 6.69. The van der Waals surface area contributed by atoms with Gasteiger partial charge in [0.2, 0.25) is 0 Å². The quantitative estimate of drug-likeness (QED) is 0.355. The molecular formula is C23H17ClN2O3S. The minimum Gasteiger partial charge on any atom is -0.457 e. The molecule has 1 N–H and O–H groups in total. The van der Waals surface area contributed by atoms with Crippen LogP contribution in [0, 0.1) is 0 Å². The van der Waals surface area contributed by atoms with E-state index in [1.165, 1.54) is 11.0 Å². The topological polar surface area (TPSA) is 62.6 Å². The van der Waals surface area contributed by atoms with Crippen LogP contribution in [-0.2, 0) is 16.0 Å². The van der Waals surface area contributed by atoms with Crippen LogP contribution >= 0.6 is 23.8 Å². The number of carbonyl (C=O) groups excluding carboxylic acids is 2. The van der Waals surface area contributed by atoms with Crippen molar-refractivity contribution in [3.63, 3.8) is 0 Å². The van der Waals surface area contributed by atoms with E-state index in [9.17, 15) is 9.59 Å². The van der Waals surface area contributed by atoms with E-state index in [2.05, 4.69) is 5.32 Å². The summed E-state index contributed by atoms with van der Waals surface area (Å²) in [5.74, 6) is -0.117. The number of hydrogen-bond acceptors (Lipinski definition) is 4. The third-order valence-electron chi connectivity index (χ3n) is 4.73. The largest absolute Gasteiger partial charge is 0.457 e.